The molecule has 0 aromatic heterocycles. The first kappa shape index (κ1) is 25.1. The highest BCUT2D eigenvalue weighted by Crippen LogP contribution is 2.21. The molecule has 0 bridgehead atoms. The van der Waals surface area contributed by atoms with Gasteiger partial charge in [0.15, 0.2) is 5.96 Å². The lowest BCUT2D eigenvalue weighted by molar-refractivity contribution is 0.0205. The minimum atomic E-state index is -0.222. The number of ether oxygens (including phenoxy) is 1. The zero-order chi connectivity index (χ0) is 19.0. The number of nitrogens with one attached hydrogen (secondary N) is 2. The summed E-state index contributed by atoms with van der Waals surface area (Å²) in [6, 6.07) is 6.74. The average molecular weight is 480 g/mol. The minimum absolute atomic E-state index is 0. The van der Waals surface area contributed by atoms with E-state index in [1.807, 2.05) is 20.2 Å². The lowest BCUT2D eigenvalue weighted by Crippen LogP contribution is -2.47. The van der Waals surface area contributed by atoms with E-state index in [0.29, 0.717) is 19.0 Å². The molecule has 1 aromatic carbocycles. The second-order valence-electron chi connectivity index (χ2n) is 7.46. The molecule has 2 atom stereocenters. The lowest BCUT2D eigenvalue weighted by atomic mass is 9.89. The van der Waals surface area contributed by atoms with Crippen LogP contribution in [-0.2, 0) is 4.74 Å². The number of guanidine groups is 1. The van der Waals surface area contributed by atoms with Crippen LogP contribution in [0.25, 0.3) is 0 Å². The van der Waals surface area contributed by atoms with E-state index in [1.165, 1.54) is 6.07 Å². The first-order valence-electron chi connectivity index (χ1n) is 8.58. The Balaban J connectivity index is 0.00000625. The predicted molar refractivity (Wildman–Crippen MR) is 118 cm³/mol. The monoisotopic (exact) mass is 480 g/mol. The lowest BCUT2D eigenvalue weighted by Gasteiger charge is -2.30. The molecule has 150 valence electrons. The first-order valence-corrected chi connectivity index (χ1v) is 8.58. The van der Waals surface area contributed by atoms with Crippen molar-refractivity contribution in [1.29, 1.82) is 0 Å². The van der Waals surface area contributed by atoms with Crippen molar-refractivity contribution in [3.05, 3.63) is 35.6 Å². The van der Waals surface area contributed by atoms with Crippen molar-refractivity contribution in [3.8, 4) is 0 Å². The molecule has 0 amide bonds. The second kappa shape index (κ2) is 11.7. The maximum absolute atomic E-state index is 13.5. The van der Waals surface area contributed by atoms with Crippen LogP contribution in [0.2, 0.25) is 0 Å². The van der Waals surface area contributed by atoms with Crippen molar-refractivity contribution < 1.29 is 9.13 Å². The molecule has 0 aliphatic carbocycles. The zero-order valence-electron chi connectivity index (χ0n) is 17.0. The van der Waals surface area contributed by atoms with Crippen molar-refractivity contribution in [1.82, 2.24) is 15.5 Å². The van der Waals surface area contributed by atoms with Crippen LogP contribution >= 0.6 is 24.0 Å². The number of methoxy groups -OCH3 is 1. The van der Waals surface area contributed by atoms with Crippen LogP contribution < -0.4 is 10.6 Å². The maximum Gasteiger partial charge on any atom is 0.191 e. The van der Waals surface area contributed by atoms with Crippen LogP contribution in [0.4, 0.5) is 4.39 Å². The molecule has 1 aromatic rings. The van der Waals surface area contributed by atoms with Gasteiger partial charge >= 0.3 is 0 Å². The summed E-state index contributed by atoms with van der Waals surface area (Å²) in [5.41, 5.74) is 0.964. The molecule has 0 aliphatic heterocycles. The Labute approximate surface area is 174 Å². The Kier molecular flexibility index (Phi) is 11.3. The van der Waals surface area contributed by atoms with Gasteiger partial charge in [0, 0.05) is 27.2 Å². The van der Waals surface area contributed by atoms with Crippen LogP contribution in [0.5, 0.6) is 0 Å². The Morgan fingerprint density at radius 3 is 2.31 bits per heavy atom. The van der Waals surface area contributed by atoms with Crippen molar-refractivity contribution >= 4 is 29.9 Å². The number of nitrogens with zero attached hydrogens (tertiary/aromatic N) is 2. The molecule has 2 unspecified atom stereocenters. The van der Waals surface area contributed by atoms with E-state index in [9.17, 15) is 4.39 Å². The van der Waals surface area contributed by atoms with Crippen molar-refractivity contribution in [2.75, 3.05) is 41.3 Å². The third-order valence-electron chi connectivity index (χ3n) is 4.25. The quantitative estimate of drug-likeness (QED) is 0.358. The molecular weight excluding hydrogens is 446 g/mol. The van der Waals surface area contributed by atoms with Crippen molar-refractivity contribution in [2.45, 2.75) is 32.9 Å². The summed E-state index contributed by atoms with van der Waals surface area (Å²) in [6.07, 6.45) is 0.0684. The molecule has 0 spiro atoms. The molecule has 7 heteroatoms. The largest absolute Gasteiger partial charge is 0.379 e. The summed E-state index contributed by atoms with van der Waals surface area (Å²) >= 11 is 0. The van der Waals surface area contributed by atoms with Gasteiger partial charge in [-0.05, 0) is 37.2 Å². The van der Waals surface area contributed by atoms with Gasteiger partial charge in [-0.3, -0.25) is 4.99 Å². The van der Waals surface area contributed by atoms with Gasteiger partial charge in [-0.25, -0.2) is 4.39 Å². The Morgan fingerprint density at radius 2 is 1.85 bits per heavy atom. The number of halogens is 2. The summed E-state index contributed by atoms with van der Waals surface area (Å²) in [5.74, 6) is 0.481. The maximum atomic E-state index is 13.5. The molecule has 0 saturated heterocycles. The summed E-state index contributed by atoms with van der Waals surface area (Å²) in [7, 11) is 7.42. The van der Waals surface area contributed by atoms with E-state index < -0.39 is 0 Å². The number of hydrogen-bond donors (Lipinski definition) is 2. The fraction of sp³-hybridized carbons (Fsp3) is 0.632. The number of likely N-dealkylation sites (N-methyl/N-ethyl adjacent to an activating group) is 1. The van der Waals surface area contributed by atoms with E-state index in [-0.39, 0.29) is 47.4 Å². The summed E-state index contributed by atoms with van der Waals surface area (Å²) < 4.78 is 19.1. The number of rotatable bonds is 7. The molecule has 0 heterocycles. The standard InChI is InChI=1S/C19H33FN4O.HI/c1-19(2,3)17(25-7)13-23-18(21-4)22-12-16(24(5)6)14-9-8-10-15(20)11-14;/h8-11,16-17H,12-13H2,1-7H3,(H2,21,22,23);1H. The molecule has 26 heavy (non-hydrogen) atoms. The van der Waals surface area contributed by atoms with Gasteiger partial charge in [0.25, 0.3) is 0 Å². The highest BCUT2D eigenvalue weighted by atomic mass is 127. The molecule has 0 aliphatic rings. The predicted octanol–water partition coefficient (Wildman–Crippen LogP) is 3.27. The Hall–Kier alpha value is -0.930. The van der Waals surface area contributed by atoms with Crippen LogP contribution in [0, 0.1) is 11.2 Å². The van der Waals surface area contributed by atoms with E-state index in [1.54, 1.807) is 26.3 Å². The third kappa shape index (κ3) is 8.18. The van der Waals surface area contributed by atoms with Gasteiger partial charge in [-0.15, -0.1) is 24.0 Å². The molecule has 0 fully saturated rings. The minimum Gasteiger partial charge on any atom is -0.379 e. The fourth-order valence-electron chi connectivity index (χ4n) is 2.66. The average Bonchev–Trinajstić information content (AvgIpc) is 2.52. The van der Waals surface area contributed by atoms with E-state index >= 15 is 0 Å². The van der Waals surface area contributed by atoms with Crippen LogP contribution in [0.3, 0.4) is 0 Å². The van der Waals surface area contributed by atoms with E-state index in [4.69, 9.17) is 4.74 Å². The summed E-state index contributed by atoms with van der Waals surface area (Å²) in [4.78, 5) is 6.32. The van der Waals surface area contributed by atoms with Gasteiger partial charge in [0.2, 0.25) is 0 Å². The number of hydrogen-bond acceptors (Lipinski definition) is 3. The molecular formula is C19H34FIN4O. The Bertz CT molecular complexity index is 561. The van der Waals surface area contributed by atoms with Crippen LogP contribution in [0.1, 0.15) is 32.4 Å². The highest BCUT2D eigenvalue weighted by Gasteiger charge is 2.24. The van der Waals surface area contributed by atoms with Gasteiger partial charge in [0.05, 0.1) is 12.1 Å². The van der Waals surface area contributed by atoms with E-state index in [2.05, 4.69) is 41.3 Å². The number of benzene rings is 1. The molecule has 1 rings (SSSR count). The summed E-state index contributed by atoms with van der Waals surface area (Å²) in [6.45, 7) is 7.71. The smallest absolute Gasteiger partial charge is 0.191 e. The van der Waals surface area contributed by atoms with Crippen LogP contribution in [-0.4, -0.2) is 58.3 Å². The SMILES string of the molecule is CN=C(NCC(c1cccc(F)c1)N(C)C)NCC(OC)C(C)(C)C.I. The van der Waals surface area contributed by atoms with Crippen LogP contribution in [0.15, 0.2) is 29.3 Å². The molecule has 0 saturated carbocycles. The van der Waals surface area contributed by atoms with Gasteiger partial charge in [-0.2, -0.15) is 0 Å². The highest BCUT2D eigenvalue weighted by molar-refractivity contribution is 14.0. The zero-order valence-corrected chi connectivity index (χ0v) is 19.3. The molecule has 5 nitrogen and oxygen atoms in total. The molecule has 2 N–H and O–H groups in total. The second-order valence-corrected chi connectivity index (χ2v) is 7.46. The van der Waals surface area contributed by atoms with Crippen molar-refractivity contribution in [3.63, 3.8) is 0 Å². The topological polar surface area (TPSA) is 48.9 Å². The van der Waals surface area contributed by atoms with E-state index in [0.717, 1.165) is 5.56 Å². The van der Waals surface area contributed by atoms with Crippen molar-refractivity contribution in [2.24, 2.45) is 10.4 Å². The summed E-state index contributed by atoms with van der Waals surface area (Å²) in [5, 5.41) is 6.62. The van der Waals surface area contributed by atoms with Gasteiger partial charge in [-0.1, -0.05) is 32.9 Å². The molecule has 0 radical (unpaired) electrons. The normalized spacial score (nSPS) is 14.6. The Morgan fingerprint density at radius 1 is 1.23 bits per heavy atom. The first-order chi connectivity index (χ1) is 11.7. The van der Waals surface area contributed by atoms with Gasteiger partial charge < -0.3 is 20.3 Å². The fourth-order valence-corrected chi connectivity index (χ4v) is 2.66. The third-order valence-corrected chi connectivity index (χ3v) is 4.25. The number of aliphatic imine (C=N–C) groups is 1. The van der Waals surface area contributed by atoms with Gasteiger partial charge in [0.1, 0.15) is 5.82 Å².